The molecule has 0 aliphatic heterocycles. The van der Waals surface area contributed by atoms with Crippen LogP contribution in [0, 0.1) is 5.92 Å². The SMILES string of the molecule is CCCSc1nc2ccc(S(=O)(=O)N[C@@H](C(=O)O)C(C)C)cc2o1. The van der Waals surface area contributed by atoms with Crippen molar-refractivity contribution in [3.05, 3.63) is 18.2 Å². The van der Waals surface area contributed by atoms with E-state index in [0.29, 0.717) is 16.3 Å². The Balaban J connectivity index is 2.31. The molecule has 132 valence electrons. The lowest BCUT2D eigenvalue weighted by atomic mass is 10.1. The molecule has 0 saturated carbocycles. The summed E-state index contributed by atoms with van der Waals surface area (Å²) in [5, 5.41) is 9.64. The number of hydrogen-bond acceptors (Lipinski definition) is 6. The molecule has 2 N–H and O–H groups in total. The van der Waals surface area contributed by atoms with Crippen LogP contribution >= 0.6 is 11.8 Å². The Morgan fingerprint density at radius 1 is 1.42 bits per heavy atom. The topological polar surface area (TPSA) is 110 Å². The van der Waals surface area contributed by atoms with Gasteiger partial charge in [0, 0.05) is 11.8 Å². The van der Waals surface area contributed by atoms with Gasteiger partial charge < -0.3 is 9.52 Å². The Labute approximate surface area is 144 Å². The predicted octanol–water partition coefficient (Wildman–Crippen LogP) is 2.72. The summed E-state index contributed by atoms with van der Waals surface area (Å²) in [5.41, 5.74) is 0.916. The molecule has 0 fully saturated rings. The summed E-state index contributed by atoms with van der Waals surface area (Å²) in [4.78, 5) is 15.4. The first-order valence-corrected chi connectivity index (χ1v) is 10.00. The fraction of sp³-hybridized carbons (Fsp3) is 0.467. The van der Waals surface area contributed by atoms with Crippen LogP contribution in [0.4, 0.5) is 0 Å². The second kappa shape index (κ2) is 7.54. The van der Waals surface area contributed by atoms with Crippen molar-refractivity contribution in [2.75, 3.05) is 5.75 Å². The van der Waals surface area contributed by atoms with Gasteiger partial charge >= 0.3 is 5.97 Å². The molecule has 1 aromatic heterocycles. The third kappa shape index (κ3) is 4.28. The molecule has 0 unspecified atom stereocenters. The van der Waals surface area contributed by atoms with Gasteiger partial charge in [0.25, 0.3) is 5.22 Å². The number of fused-ring (bicyclic) bond motifs is 1. The molecule has 2 aromatic rings. The van der Waals surface area contributed by atoms with Gasteiger partial charge in [0.15, 0.2) is 5.58 Å². The monoisotopic (exact) mass is 372 g/mol. The van der Waals surface area contributed by atoms with Gasteiger partial charge in [-0.2, -0.15) is 4.72 Å². The number of aliphatic carboxylic acids is 1. The van der Waals surface area contributed by atoms with Crippen LogP contribution in [0.1, 0.15) is 27.2 Å². The van der Waals surface area contributed by atoms with E-state index in [9.17, 15) is 13.2 Å². The average molecular weight is 372 g/mol. The van der Waals surface area contributed by atoms with Crippen molar-refractivity contribution < 1.29 is 22.7 Å². The number of rotatable bonds is 8. The van der Waals surface area contributed by atoms with Gasteiger partial charge in [-0.25, -0.2) is 13.4 Å². The molecule has 0 spiro atoms. The second-order valence-corrected chi connectivity index (χ2v) is 8.40. The first-order chi connectivity index (χ1) is 11.2. The van der Waals surface area contributed by atoms with Gasteiger partial charge in [-0.05, 0) is 24.5 Å². The Morgan fingerprint density at radius 3 is 2.71 bits per heavy atom. The van der Waals surface area contributed by atoms with Crippen molar-refractivity contribution in [2.24, 2.45) is 5.92 Å². The van der Waals surface area contributed by atoms with Gasteiger partial charge in [-0.3, -0.25) is 4.79 Å². The summed E-state index contributed by atoms with van der Waals surface area (Å²) >= 11 is 1.46. The fourth-order valence-electron chi connectivity index (χ4n) is 2.01. The number of sulfonamides is 1. The van der Waals surface area contributed by atoms with Crippen LogP contribution in [0.2, 0.25) is 0 Å². The van der Waals surface area contributed by atoms with Gasteiger partial charge in [-0.1, -0.05) is 32.5 Å². The molecular weight excluding hydrogens is 352 g/mol. The fourth-order valence-corrected chi connectivity index (χ4v) is 4.05. The summed E-state index contributed by atoms with van der Waals surface area (Å²) in [7, 11) is -3.97. The number of carboxylic acid groups (broad SMARTS) is 1. The van der Waals surface area contributed by atoms with E-state index in [4.69, 9.17) is 9.52 Å². The first kappa shape index (κ1) is 18.8. The number of carbonyl (C=O) groups is 1. The smallest absolute Gasteiger partial charge is 0.322 e. The molecule has 7 nitrogen and oxygen atoms in total. The molecule has 1 aromatic carbocycles. The Bertz CT molecular complexity index is 830. The van der Waals surface area contributed by atoms with Crippen molar-refractivity contribution in [1.82, 2.24) is 9.71 Å². The molecule has 0 amide bonds. The number of benzene rings is 1. The molecule has 2 rings (SSSR count). The van der Waals surface area contributed by atoms with Crippen molar-refractivity contribution in [3.8, 4) is 0 Å². The minimum absolute atomic E-state index is 0.0508. The lowest BCUT2D eigenvalue weighted by Gasteiger charge is -2.17. The summed E-state index contributed by atoms with van der Waals surface area (Å²) in [5.74, 6) is -0.746. The molecule has 0 bridgehead atoms. The van der Waals surface area contributed by atoms with Crippen molar-refractivity contribution >= 4 is 38.9 Å². The van der Waals surface area contributed by atoms with E-state index in [1.807, 2.05) is 6.92 Å². The van der Waals surface area contributed by atoms with Gasteiger partial charge in [-0.15, -0.1) is 0 Å². The quantitative estimate of drug-likeness (QED) is 0.686. The highest BCUT2D eigenvalue weighted by Gasteiger charge is 2.28. The zero-order chi connectivity index (χ0) is 17.9. The molecule has 0 radical (unpaired) electrons. The van der Waals surface area contributed by atoms with Crippen LogP contribution in [0.15, 0.2) is 32.7 Å². The largest absolute Gasteiger partial charge is 0.480 e. The predicted molar refractivity (Wildman–Crippen MR) is 91.6 cm³/mol. The first-order valence-electron chi connectivity index (χ1n) is 7.53. The highest BCUT2D eigenvalue weighted by molar-refractivity contribution is 7.99. The average Bonchev–Trinajstić information content (AvgIpc) is 2.92. The molecule has 0 saturated heterocycles. The lowest BCUT2D eigenvalue weighted by molar-refractivity contribution is -0.140. The van der Waals surface area contributed by atoms with Gasteiger partial charge in [0.05, 0.1) is 4.90 Å². The van der Waals surface area contributed by atoms with Gasteiger partial charge in [0.1, 0.15) is 11.6 Å². The molecular formula is C15H20N2O5S2. The number of nitrogens with zero attached hydrogens (tertiary/aromatic N) is 1. The number of oxazole rings is 1. The second-order valence-electron chi connectivity index (χ2n) is 5.64. The number of aromatic nitrogens is 1. The minimum atomic E-state index is -3.97. The van der Waals surface area contributed by atoms with Crippen molar-refractivity contribution in [2.45, 2.75) is 43.4 Å². The molecule has 1 atom stereocenters. The maximum Gasteiger partial charge on any atom is 0.322 e. The molecule has 24 heavy (non-hydrogen) atoms. The third-order valence-electron chi connectivity index (χ3n) is 3.30. The standard InChI is InChI=1S/C15H20N2O5S2/c1-4-7-23-15-16-11-6-5-10(8-12(11)22-15)24(20,21)17-13(9(2)3)14(18)19/h5-6,8-9,13,17H,4,7H2,1-3H3,(H,18,19)/t13-/m1/s1. The molecule has 9 heteroatoms. The van der Waals surface area contributed by atoms with E-state index in [0.717, 1.165) is 12.2 Å². The minimum Gasteiger partial charge on any atom is -0.480 e. The van der Waals surface area contributed by atoms with E-state index < -0.39 is 22.0 Å². The number of carboxylic acids is 1. The number of thioether (sulfide) groups is 1. The van der Waals surface area contributed by atoms with Crippen LogP contribution in [-0.4, -0.2) is 36.3 Å². The van der Waals surface area contributed by atoms with Crippen molar-refractivity contribution in [3.63, 3.8) is 0 Å². The zero-order valence-corrected chi connectivity index (χ0v) is 15.3. The highest BCUT2D eigenvalue weighted by Crippen LogP contribution is 2.26. The maximum atomic E-state index is 12.4. The van der Waals surface area contributed by atoms with E-state index >= 15 is 0 Å². The van der Waals surface area contributed by atoms with E-state index in [1.54, 1.807) is 19.9 Å². The van der Waals surface area contributed by atoms with E-state index in [2.05, 4.69) is 9.71 Å². The summed E-state index contributed by atoms with van der Waals surface area (Å²) in [6.07, 6.45) is 0.971. The van der Waals surface area contributed by atoms with Crippen LogP contribution in [0.25, 0.3) is 11.1 Å². The lowest BCUT2D eigenvalue weighted by Crippen LogP contribution is -2.44. The summed E-state index contributed by atoms with van der Waals surface area (Å²) in [6.45, 7) is 5.32. The Morgan fingerprint density at radius 2 is 2.12 bits per heavy atom. The molecule has 0 aliphatic rings. The Hall–Kier alpha value is -1.58. The van der Waals surface area contributed by atoms with Crippen LogP contribution in [0.3, 0.4) is 0 Å². The van der Waals surface area contributed by atoms with Crippen molar-refractivity contribution in [1.29, 1.82) is 0 Å². The third-order valence-corrected chi connectivity index (χ3v) is 5.77. The highest BCUT2D eigenvalue weighted by atomic mass is 32.2. The number of hydrogen-bond donors (Lipinski definition) is 2. The Kier molecular flexibility index (Phi) is 5.89. The van der Waals surface area contributed by atoms with Crippen LogP contribution in [-0.2, 0) is 14.8 Å². The maximum absolute atomic E-state index is 12.4. The number of nitrogens with one attached hydrogen (secondary N) is 1. The molecule has 0 aliphatic carbocycles. The normalized spacial score (nSPS) is 13.5. The van der Waals surface area contributed by atoms with E-state index in [-0.39, 0.29) is 10.8 Å². The molecule has 1 heterocycles. The summed E-state index contributed by atoms with van der Waals surface area (Å²) in [6, 6.07) is 3.10. The zero-order valence-electron chi connectivity index (χ0n) is 13.6. The van der Waals surface area contributed by atoms with Crippen LogP contribution < -0.4 is 4.72 Å². The van der Waals surface area contributed by atoms with E-state index in [1.165, 1.54) is 23.9 Å². The van der Waals surface area contributed by atoms with Gasteiger partial charge in [0.2, 0.25) is 10.0 Å². The van der Waals surface area contributed by atoms with Crippen LogP contribution in [0.5, 0.6) is 0 Å². The summed E-state index contributed by atoms with van der Waals surface area (Å²) < 4.78 is 32.6.